The van der Waals surface area contributed by atoms with Crippen LogP contribution in [0.1, 0.15) is 19.4 Å². The van der Waals surface area contributed by atoms with Crippen molar-refractivity contribution in [3.8, 4) is 0 Å². The Morgan fingerprint density at radius 3 is 2.10 bits per heavy atom. The maximum atomic E-state index is 11.5. The summed E-state index contributed by atoms with van der Waals surface area (Å²) >= 11 is 0. The molecule has 1 rings (SSSR count). The highest BCUT2D eigenvalue weighted by Crippen LogP contribution is 2.13. The van der Waals surface area contributed by atoms with Gasteiger partial charge in [-0.25, -0.2) is 0 Å². The lowest BCUT2D eigenvalue weighted by atomic mass is 10.2. The molecule has 0 bridgehead atoms. The third-order valence-corrected chi connectivity index (χ3v) is 3.23. The number of aliphatic hydroxyl groups excluding tert-OH is 2. The van der Waals surface area contributed by atoms with Crippen LogP contribution >= 0.6 is 0 Å². The van der Waals surface area contributed by atoms with Gasteiger partial charge in [-0.2, -0.15) is 8.42 Å². The van der Waals surface area contributed by atoms with Crippen molar-refractivity contribution in [3.05, 3.63) is 29.8 Å². The molecule has 0 saturated heterocycles. The van der Waals surface area contributed by atoms with Crippen molar-refractivity contribution in [2.75, 3.05) is 13.2 Å². The molecule has 7 heteroatoms. The smallest absolute Gasteiger partial charge is 0.297 e. The standard InChI is InChI=1S/C10H14O5S.C3H6O/c1-8-2-4-10(5-3-8)16(13,14)15-7-9(12)6-11;1-3(2)4/h2-5,9,11-12H,6-7H2,1H3;1-2H3/t9-;/m0./s1. The summed E-state index contributed by atoms with van der Waals surface area (Å²) in [6.45, 7) is 3.91. The zero-order valence-corrected chi connectivity index (χ0v) is 12.6. The van der Waals surface area contributed by atoms with Crippen molar-refractivity contribution in [2.45, 2.75) is 31.8 Å². The van der Waals surface area contributed by atoms with E-state index in [0.717, 1.165) is 5.56 Å². The van der Waals surface area contributed by atoms with Crippen LogP contribution in [-0.4, -0.2) is 43.7 Å². The molecule has 1 aromatic carbocycles. The molecule has 0 amide bonds. The Bertz CT molecular complexity index is 502. The zero-order valence-electron chi connectivity index (χ0n) is 11.7. The molecule has 0 aliphatic rings. The molecule has 0 heterocycles. The SMILES string of the molecule is CC(C)=O.Cc1ccc(S(=O)(=O)OC[C@@H](O)CO)cc1. The Kier molecular flexibility index (Phi) is 8.24. The highest BCUT2D eigenvalue weighted by atomic mass is 32.2. The number of hydrogen-bond donors (Lipinski definition) is 2. The fraction of sp³-hybridized carbons (Fsp3) is 0.462. The zero-order chi connectivity index (χ0) is 15.8. The van der Waals surface area contributed by atoms with Gasteiger partial charge in [0.05, 0.1) is 18.1 Å². The highest BCUT2D eigenvalue weighted by Gasteiger charge is 2.16. The van der Waals surface area contributed by atoms with Gasteiger partial charge in [-0.1, -0.05) is 17.7 Å². The first-order valence-corrected chi connectivity index (χ1v) is 7.32. The second-order valence-corrected chi connectivity index (χ2v) is 5.91. The lowest BCUT2D eigenvalue weighted by Crippen LogP contribution is -2.22. The van der Waals surface area contributed by atoms with Crippen molar-refractivity contribution in [3.63, 3.8) is 0 Å². The Labute approximate surface area is 119 Å². The molecule has 0 fully saturated rings. The van der Waals surface area contributed by atoms with Gasteiger partial charge in [0.1, 0.15) is 11.9 Å². The molecule has 0 aromatic heterocycles. The molecule has 0 radical (unpaired) electrons. The van der Waals surface area contributed by atoms with Gasteiger partial charge in [0, 0.05) is 0 Å². The van der Waals surface area contributed by atoms with Crippen molar-refractivity contribution >= 4 is 15.9 Å². The molecule has 0 unspecified atom stereocenters. The fourth-order valence-corrected chi connectivity index (χ4v) is 1.94. The molecular weight excluding hydrogens is 284 g/mol. The minimum absolute atomic E-state index is 0.0308. The number of Topliss-reactive ketones (excluding diaryl/α,β-unsaturated/α-hetero) is 1. The van der Waals surface area contributed by atoms with E-state index >= 15 is 0 Å². The van der Waals surface area contributed by atoms with Crippen molar-refractivity contribution in [2.24, 2.45) is 0 Å². The van der Waals surface area contributed by atoms with Crippen molar-refractivity contribution in [1.82, 2.24) is 0 Å². The van der Waals surface area contributed by atoms with E-state index in [1.807, 2.05) is 6.92 Å². The molecule has 0 aliphatic heterocycles. The van der Waals surface area contributed by atoms with Gasteiger partial charge < -0.3 is 15.0 Å². The van der Waals surface area contributed by atoms with Crippen LogP contribution in [0.4, 0.5) is 0 Å². The number of aliphatic hydroxyl groups is 2. The predicted molar refractivity (Wildman–Crippen MR) is 73.8 cm³/mol. The van der Waals surface area contributed by atoms with Gasteiger partial charge >= 0.3 is 0 Å². The molecule has 0 aliphatic carbocycles. The number of carbonyl (C=O) groups excluding carboxylic acids is 1. The summed E-state index contributed by atoms with van der Waals surface area (Å²) in [5, 5.41) is 17.5. The number of hydrogen-bond acceptors (Lipinski definition) is 6. The molecule has 6 nitrogen and oxygen atoms in total. The van der Waals surface area contributed by atoms with Gasteiger partial charge in [-0.15, -0.1) is 0 Å². The third kappa shape index (κ3) is 8.00. The number of benzene rings is 1. The van der Waals surface area contributed by atoms with Crippen LogP contribution in [0.3, 0.4) is 0 Å². The van der Waals surface area contributed by atoms with Gasteiger partial charge in [0.25, 0.3) is 10.1 Å². The third-order valence-electron chi connectivity index (χ3n) is 1.94. The minimum atomic E-state index is -3.85. The number of aryl methyl sites for hydroxylation is 1. The quantitative estimate of drug-likeness (QED) is 0.775. The van der Waals surface area contributed by atoms with Crippen molar-refractivity contribution < 1.29 is 27.6 Å². The summed E-state index contributed by atoms with van der Waals surface area (Å²) in [6, 6.07) is 6.16. The highest BCUT2D eigenvalue weighted by molar-refractivity contribution is 7.86. The molecule has 2 N–H and O–H groups in total. The lowest BCUT2D eigenvalue weighted by molar-refractivity contribution is -0.114. The monoisotopic (exact) mass is 304 g/mol. The van der Waals surface area contributed by atoms with E-state index in [1.165, 1.54) is 26.0 Å². The van der Waals surface area contributed by atoms with Crippen LogP contribution in [0.15, 0.2) is 29.2 Å². The van der Waals surface area contributed by atoms with Crippen LogP contribution < -0.4 is 0 Å². The topological polar surface area (TPSA) is 101 Å². The molecule has 1 aromatic rings. The maximum absolute atomic E-state index is 11.5. The first-order valence-electron chi connectivity index (χ1n) is 5.91. The van der Waals surface area contributed by atoms with E-state index in [0.29, 0.717) is 0 Å². The number of ketones is 1. The van der Waals surface area contributed by atoms with Crippen LogP contribution in [0, 0.1) is 6.92 Å². The maximum Gasteiger partial charge on any atom is 0.297 e. The van der Waals surface area contributed by atoms with E-state index in [9.17, 15) is 13.2 Å². The Morgan fingerprint density at radius 2 is 1.70 bits per heavy atom. The normalized spacial score (nSPS) is 12.2. The summed E-state index contributed by atoms with van der Waals surface area (Å²) in [7, 11) is -3.85. The molecule has 114 valence electrons. The van der Waals surface area contributed by atoms with E-state index in [4.69, 9.17) is 10.2 Å². The Hall–Kier alpha value is -1.28. The van der Waals surface area contributed by atoms with Crippen LogP contribution in [0.25, 0.3) is 0 Å². The first kappa shape index (κ1) is 18.7. The molecule has 20 heavy (non-hydrogen) atoms. The summed E-state index contributed by atoms with van der Waals surface area (Å²) in [6.07, 6.45) is -1.19. The number of rotatable bonds is 5. The molecular formula is C13H20O6S. The molecule has 0 saturated carbocycles. The van der Waals surface area contributed by atoms with Gasteiger partial charge in [0.15, 0.2) is 0 Å². The van der Waals surface area contributed by atoms with Gasteiger partial charge in [-0.3, -0.25) is 4.18 Å². The van der Waals surface area contributed by atoms with E-state index in [-0.39, 0.29) is 10.7 Å². The summed E-state index contributed by atoms with van der Waals surface area (Å²) in [4.78, 5) is 9.48. The summed E-state index contributed by atoms with van der Waals surface area (Å²) in [5.41, 5.74) is 0.939. The van der Waals surface area contributed by atoms with Gasteiger partial charge in [-0.05, 0) is 32.9 Å². The lowest BCUT2D eigenvalue weighted by Gasteiger charge is -2.08. The molecule has 0 spiro atoms. The summed E-state index contributed by atoms with van der Waals surface area (Å²) < 4.78 is 27.7. The van der Waals surface area contributed by atoms with Crippen molar-refractivity contribution in [1.29, 1.82) is 0 Å². The molecule has 1 atom stereocenters. The van der Waals surface area contributed by atoms with Crippen LogP contribution in [0.2, 0.25) is 0 Å². The summed E-state index contributed by atoms with van der Waals surface area (Å²) in [5.74, 6) is 0.167. The second kappa shape index (κ2) is 8.80. The Balaban J connectivity index is 0.000000796. The average molecular weight is 304 g/mol. The average Bonchev–Trinajstić information content (AvgIpc) is 2.36. The first-order chi connectivity index (χ1) is 9.19. The van der Waals surface area contributed by atoms with Gasteiger partial charge in [0.2, 0.25) is 0 Å². The largest absolute Gasteiger partial charge is 0.394 e. The minimum Gasteiger partial charge on any atom is -0.394 e. The van der Waals surface area contributed by atoms with E-state index in [1.54, 1.807) is 12.1 Å². The van der Waals surface area contributed by atoms with E-state index in [2.05, 4.69) is 4.18 Å². The second-order valence-electron chi connectivity index (χ2n) is 4.30. The number of carbonyl (C=O) groups is 1. The fourth-order valence-electron chi connectivity index (χ4n) is 0.994. The Morgan fingerprint density at radius 1 is 1.25 bits per heavy atom. The van der Waals surface area contributed by atoms with Crippen LogP contribution in [0.5, 0.6) is 0 Å². The predicted octanol–water partition coefficient (Wildman–Crippen LogP) is 0.649. The van der Waals surface area contributed by atoms with E-state index < -0.39 is 29.4 Å². The van der Waals surface area contributed by atoms with Crippen LogP contribution in [-0.2, 0) is 19.1 Å².